The van der Waals surface area contributed by atoms with E-state index in [1.54, 1.807) is 10.9 Å². The summed E-state index contributed by atoms with van der Waals surface area (Å²) in [6, 6.07) is 2.34. The number of carbonyl (C=O) groups excluding carboxylic acids is 1. The maximum Gasteiger partial charge on any atom is 0.254 e. The molecule has 0 N–H and O–H groups in total. The zero-order chi connectivity index (χ0) is 15.3. The smallest absolute Gasteiger partial charge is 0.254 e. The van der Waals surface area contributed by atoms with E-state index in [2.05, 4.69) is 12.0 Å². The maximum atomic E-state index is 13.1. The lowest BCUT2D eigenvalue weighted by Crippen LogP contribution is -2.42. The minimum Gasteiger partial charge on any atom is -0.336 e. The molecule has 22 heavy (non-hydrogen) atoms. The highest BCUT2D eigenvalue weighted by molar-refractivity contribution is 6.05. The summed E-state index contributed by atoms with van der Waals surface area (Å²) in [4.78, 5) is 19.9. The highest BCUT2D eigenvalue weighted by atomic mass is 16.2. The van der Waals surface area contributed by atoms with Crippen LogP contribution in [0, 0.1) is 0 Å². The van der Waals surface area contributed by atoms with Crippen LogP contribution in [-0.4, -0.2) is 38.2 Å². The largest absolute Gasteiger partial charge is 0.336 e. The number of amides is 1. The third-order valence-electron chi connectivity index (χ3n) is 5.01. The van der Waals surface area contributed by atoms with E-state index in [1.807, 2.05) is 18.0 Å². The molecule has 0 bridgehead atoms. The lowest BCUT2D eigenvalue weighted by molar-refractivity contribution is 0.0637. The van der Waals surface area contributed by atoms with Crippen LogP contribution in [0.1, 0.15) is 61.0 Å². The number of aryl methyl sites for hydroxylation is 1. The topological polar surface area (TPSA) is 51.0 Å². The van der Waals surface area contributed by atoms with Gasteiger partial charge in [-0.1, -0.05) is 0 Å². The average Bonchev–Trinajstić information content (AvgIpc) is 3.31. The SMILES string of the molecule is C[C@@H]1CCCCN1C(=O)c1cc(C2CC2)nc2c1cnn2C. The number of piperidine rings is 1. The Morgan fingerprint density at radius 3 is 2.82 bits per heavy atom. The molecule has 5 nitrogen and oxygen atoms in total. The molecule has 4 rings (SSSR count). The van der Waals surface area contributed by atoms with E-state index in [4.69, 9.17) is 4.98 Å². The summed E-state index contributed by atoms with van der Waals surface area (Å²) in [7, 11) is 1.89. The quantitative estimate of drug-likeness (QED) is 0.856. The molecule has 5 heteroatoms. The number of carbonyl (C=O) groups is 1. The monoisotopic (exact) mass is 298 g/mol. The van der Waals surface area contributed by atoms with Crippen molar-refractivity contribution in [3.05, 3.63) is 23.5 Å². The lowest BCUT2D eigenvalue weighted by Gasteiger charge is -2.33. The van der Waals surface area contributed by atoms with Crippen LogP contribution in [0.3, 0.4) is 0 Å². The van der Waals surface area contributed by atoms with E-state index < -0.39 is 0 Å². The summed E-state index contributed by atoms with van der Waals surface area (Å²) in [5, 5.41) is 5.19. The average molecular weight is 298 g/mol. The van der Waals surface area contributed by atoms with Crippen LogP contribution in [0.2, 0.25) is 0 Å². The van der Waals surface area contributed by atoms with Crippen LogP contribution >= 0.6 is 0 Å². The number of aromatic nitrogens is 3. The van der Waals surface area contributed by atoms with Crippen molar-refractivity contribution in [3.63, 3.8) is 0 Å². The van der Waals surface area contributed by atoms with Gasteiger partial charge in [0.2, 0.25) is 0 Å². The van der Waals surface area contributed by atoms with Crippen LogP contribution in [0.15, 0.2) is 12.3 Å². The number of nitrogens with zero attached hydrogens (tertiary/aromatic N) is 4. The van der Waals surface area contributed by atoms with E-state index in [0.29, 0.717) is 12.0 Å². The molecule has 0 radical (unpaired) electrons. The van der Waals surface area contributed by atoms with Crippen LogP contribution < -0.4 is 0 Å². The third-order valence-corrected chi connectivity index (χ3v) is 5.01. The highest BCUT2D eigenvalue weighted by Crippen LogP contribution is 2.40. The second kappa shape index (κ2) is 5.07. The van der Waals surface area contributed by atoms with Gasteiger partial charge in [0.15, 0.2) is 5.65 Å². The first-order chi connectivity index (χ1) is 10.6. The van der Waals surface area contributed by atoms with Gasteiger partial charge in [-0.3, -0.25) is 9.48 Å². The molecule has 3 heterocycles. The Labute approximate surface area is 130 Å². The molecule has 116 valence electrons. The predicted molar refractivity (Wildman–Crippen MR) is 84.8 cm³/mol. The van der Waals surface area contributed by atoms with Crippen LogP contribution in [0.4, 0.5) is 0 Å². The standard InChI is InChI=1S/C17H22N4O/c1-11-5-3-4-8-21(11)17(22)13-9-15(12-6-7-12)19-16-14(13)10-18-20(16)2/h9-12H,3-8H2,1-2H3/t11-/m1/s1. The van der Waals surface area contributed by atoms with E-state index in [-0.39, 0.29) is 5.91 Å². The van der Waals surface area contributed by atoms with Crippen molar-refractivity contribution in [2.24, 2.45) is 7.05 Å². The van der Waals surface area contributed by atoms with Gasteiger partial charge in [0.25, 0.3) is 5.91 Å². The Balaban J connectivity index is 1.80. The zero-order valence-electron chi connectivity index (χ0n) is 13.2. The second-order valence-electron chi connectivity index (χ2n) is 6.72. The molecule has 1 atom stereocenters. The molecule has 1 saturated carbocycles. The summed E-state index contributed by atoms with van der Waals surface area (Å²) >= 11 is 0. The van der Waals surface area contributed by atoms with Gasteiger partial charge in [0.1, 0.15) is 0 Å². The molecular formula is C17H22N4O. The molecule has 1 amide bonds. The third kappa shape index (κ3) is 2.19. The lowest BCUT2D eigenvalue weighted by atomic mass is 10.0. The molecular weight excluding hydrogens is 276 g/mol. The number of fused-ring (bicyclic) bond motifs is 1. The summed E-state index contributed by atoms with van der Waals surface area (Å²) in [5.41, 5.74) is 2.68. The van der Waals surface area contributed by atoms with Crippen molar-refractivity contribution < 1.29 is 4.79 Å². The maximum absolute atomic E-state index is 13.1. The van der Waals surface area contributed by atoms with E-state index >= 15 is 0 Å². The zero-order valence-corrected chi connectivity index (χ0v) is 13.2. The van der Waals surface area contributed by atoms with Crippen molar-refractivity contribution in [1.29, 1.82) is 0 Å². The van der Waals surface area contributed by atoms with Gasteiger partial charge in [0, 0.05) is 31.2 Å². The fraction of sp³-hybridized carbons (Fsp3) is 0.588. The van der Waals surface area contributed by atoms with Crippen molar-refractivity contribution in [3.8, 4) is 0 Å². The van der Waals surface area contributed by atoms with Gasteiger partial charge >= 0.3 is 0 Å². The molecule has 0 spiro atoms. The van der Waals surface area contributed by atoms with E-state index in [0.717, 1.165) is 41.7 Å². The molecule has 1 aliphatic carbocycles. The fourth-order valence-corrected chi connectivity index (χ4v) is 3.45. The number of rotatable bonds is 2. The van der Waals surface area contributed by atoms with E-state index in [1.165, 1.54) is 19.3 Å². The second-order valence-corrected chi connectivity index (χ2v) is 6.72. The molecule has 0 aromatic carbocycles. The number of likely N-dealkylation sites (tertiary alicyclic amines) is 1. The summed E-state index contributed by atoms with van der Waals surface area (Å²) in [6.07, 6.45) is 7.57. The Morgan fingerprint density at radius 2 is 2.09 bits per heavy atom. The Bertz CT molecular complexity index is 732. The molecule has 0 unspecified atom stereocenters. The van der Waals surface area contributed by atoms with E-state index in [9.17, 15) is 4.79 Å². The Hall–Kier alpha value is -1.91. The van der Waals surface area contributed by atoms with Crippen molar-refractivity contribution >= 4 is 16.9 Å². The number of hydrogen-bond donors (Lipinski definition) is 0. The van der Waals surface area contributed by atoms with Crippen molar-refractivity contribution in [2.45, 2.75) is 51.0 Å². The fourth-order valence-electron chi connectivity index (χ4n) is 3.45. The van der Waals surface area contributed by atoms with Crippen LogP contribution in [-0.2, 0) is 7.05 Å². The van der Waals surface area contributed by atoms with Crippen molar-refractivity contribution in [1.82, 2.24) is 19.7 Å². The minimum absolute atomic E-state index is 0.148. The van der Waals surface area contributed by atoms with Gasteiger partial charge in [-0.2, -0.15) is 5.10 Å². The van der Waals surface area contributed by atoms with Gasteiger partial charge < -0.3 is 4.90 Å². The molecule has 1 saturated heterocycles. The molecule has 1 aliphatic heterocycles. The first-order valence-electron chi connectivity index (χ1n) is 8.29. The van der Waals surface area contributed by atoms with Crippen LogP contribution in [0.25, 0.3) is 11.0 Å². The Kier molecular flexibility index (Phi) is 3.17. The molecule has 2 aromatic heterocycles. The van der Waals surface area contributed by atoms with Gasteiger partial charge in [0.05, 0.1) is 17.1 Å². The van der Waals surface area contributed by atoms with Gasteiger partial charge in [-0.25, -0.2) is 4.98 Å². The molecule has 2 fully saturated rings. The molecule has 2 aromatic rings. The minimum atomic E-state index is 0.148. The Morgan fingerprint density at radius 1 is 1.27 bits per heavy atom. The molecule has 2 aliphatic rings. The normalized spacial score (nSPS) is 22.3. The van der Waals surface area contributed by atoms with Crippen LogP contribution in [0.5, 0.6) is 0 Å². The first-order valence-corrected chi connectivity index (χ1v) is 8.29. The first kappa shape index (κ1) is 13.7. The van der Waals surface area contributed by atoms with Gasteiger partial charge in [-0.05, 0) is 45.1 Å². The highest BCUT2D eigenvalue weighted by Gasteiger charge is 2.30. The number of hydrogen-bond acceptors (Lipinski definition) is 3. The summed E-state index contributed by atoms with van der Waals surface area (Å²) in [5.74, 6) is 0.680. The summed E-state index contributed by atoms with van der Waals surface area (Å²) < 4.78 is 1.78. The summed E-state index contributed by atoms with van der Waals surface area (Å²) in [6.45, 7) is 3.02. The predicted octanol–water partition coefficient (Wildman–Crippen LogP) is 2.86. The van der Waals surface area contributed by atoms with Gasteiger partial charge in [-0.15, -0.1) is 0 Å². The van der Waals surface area contributed by atoms with Crippen molar-refractivity contribution in [2.75, 3.05) is 6.54 Å². The number of pyridine rings is 1.